The SMILES string of the molecule is c1ccc(-c2cccc3cccc(-c4ccccc4N(c4ccccc4-c4cccc5c4oc4ccccc45)c4cccc5sc6ccccc6c45)c23)cc1. The van der Waals surface area contributed by atoms with E-state index in [0.717, 1.165) is 55.7 Å². The van der Waals surface area contributed by atoms with E-state index >= 15 is 0 Å². The molecule has 11 rings (SSSR count). The molecule has 0 aliphatic carbocycles. The highest BCUT2D eigenvalue weighted by molar-refractivity contribution is 7.26. The number of rotatable bonds is 6. The summed E-state index contributed by atoms with van der Waals surface area (Å²) >= 11 is 1.85. The van der Waals surface area contributed by atoms with Crippen molar-refractivity contribution in [1.82, 2.24) is 0 Å². The topological polar surface area (TPSA) is 16.4 Å². The lowest BCUT2D eigenvalue weighted by Gasteiger charge is -2.31. The van der Waals surface area contributed by atoms with E-state index in [2.05, 4.69) is 199 Å². The van der Waals surface area contributed by atoms with Gasteiger partial charge in [0.2, 0.25) is 0 Å². The van der Waals surface area contributed by atoms with Crippen molar-refractivity contribution in [2.45, 2.75) is 0 Å². The quantitative estimate of drug-likeness (QED) is 0.170. The summed E-state index contributed by atoms with van der Waals surface area (Å²) in [5, 5.41) is 7.20. The highest BCUT2D eigenvalue weighted by Gasteiger charge is 2.25. The largest absolute Gasteiger partial charge is 0.455 e. The summed E-state index contributed by atoms with van der Waals surface area (Å²) in [4.78, 5) is 2.50. The summed E-state index contributed by atoms with van der Waals surface area (Å²) in [6.07, 6.45) is 0. The van der Waals surface area contributed by atoms with Crippen molar-refractivity contribution in [3.8, 4) is 33.4 Å². The Morgan fingerprint density at radius 1 is 0.345 bits per heavy atom. The summed E-state index contributed by atoms with van der Waals surface area (Å²) in [5.41, 5.74) is 12.0. The average Bonchev–Trinajstić information content (AvgIpc) is 3.83. The molecule has 0 unspecified atom stereocenters. The number of hydrogen-bond donors (Lipinski definition) is 0. The molecule has 0 atom stereocenters. The summed E-state index contributed by atoms with van der Waals surface area (Å²) in [6, 6.07) is 72.2. The van der Waals surface area contributed by atoms with Crippen LogP contribution in [0.25, 0.3) is 86.3 Å². The van der Waals surface area contributed by atoms with Gasteiger partial charge in [0.15, 0.2) is 0 Å². The molecule has 3 heteroatoms. The number of anilines is 3. The number of furan rings is 1. The zero-order valence-electron chi connectivity index (χ0n) is 29.8. The molecule has 0 amide bonds. The maximum Gasteiger partial charge on any atom is 0.143 e. The van der Waals surface area contributed by atoms with E-state index in [9.17, 15) is 0 Å². The Morgan fingerprint density at radius 2 is 0.891 bits per heavy atom. The number of hydrogen-bond acceptors (Lipinski definition) is 3. The third-order valence-corrected chi connectivity index (χ3v) is 12.0. The van der Waals surface area contributed by atoms with E-state index in [-0.39, 0.29) is 0 Å². The Balaban J connectivity index is 1.24. The van der Waals surface area contributed by atoms with Crippen molar-refractivity contribution in [3.05, 3.63) is 200 Å². The molecule has 11 aromatic rings. The number of nitrogens with zero attached hydrogens (tertiary/aromatic N) is 1. The van der Waals surface area contributed by atoms with Crippen LogP contribution in [0.4, 0.5) is 17.1 Å². The predicted octanol–water partition coefficient (Wildman–Crippen LogP) is 15.6. The maximum atomic E-state index is 6.68. The second kappa shape index (κ2) is 12.9. The van der Waals surface area contributed by atoms with Crippen molar-refractivity contribution in [2.24, 2.45) is 0 Å². The Morgan fingerprint density at radius 3 is 1.71 bits per heavy atom. The summed E-state index contributed by atoms with van der Waals surface area (Å²) < 4.78 is 9.22. The van der Waals surface area contributed by atoms with Crippen molar-refractivity contribution in [2.75, 3.05) is 4.90 Å². The van der Waals surface area contributed by atoms with Crippen LogP contribution in [0.1, 0.15) is 0 Å². The second-order valence-electron chi connectivity index (χ2n) is 14.0. The lowest BCUT2D eigenvalue weighted by molar-refractivity contribution is 0.670. The van der Waals surface area contributed by atoms with Crippen molar-refractivity contribution < 1.29 is 4.42 Å². The van der Waals surface area contributed by atoms with E-state index in [1.165, 1.54) is 47.6 Å². The standard InChI is InChI=1S/C52H33NOS/c1-2-16-34(17-3-1)36-24-12-18-35-19-13-25-40(50(35)36)37-20-4-8-28-44(37)53(46-30-15-33-49-51(46)43-23-7-11-32-48(43)55-49)45-29-9-5-21-38(45)41-26-14-27-42-39-22-6-10-31-47(39)54-52(41)42/h1-33H. The molecule has 0 saturated heterocycles. The van der Waals surface area contributed by atoms with E-state index in [1.54, 1.807) is 0 Å². The van der Waals surface area contributed by atoms with E-state index < -0.39 is 0 Å². The molecule has 2 nitrogen and oxygen atoms in total. The predicted molar refractivity (Wildman–Crippen MR) is 235 cm³/mol. The van der Waals surface area contributed by atoms with Gasteiger partial charge in [0.1, 0.15) is 11.2 Å². The molecule has 2 aromatic heterocycles. The molecule has 0 N–H and O–H groups in total. The number of para-hydroxylation sites is 4. The van der Waals surface area contributed by atoms with Gasteiger partial charge in [-0.05, 0) is 63.9 Å². The van der Waals surface area contributed by atoms with Crippen LogP contribution in [-0.4, -0.2) is 0 Å². The van der Waals surface area contributed by atoms with Crippen LogP contribution >= 0.6 is 11.3 Å². The van der Waals surface area contributed by atoms with Gasteiger partial charge in [-0.15, -0.1) is 11.3 Å². The van der Waals surface area contributed by atoms with E-state index in [4.69, 9.17) is 4.42 Å². The molecular formula is C52H33NOS. The molecule has 0 fully saturated rings. The molecule has 0 spiro atoms. The van der Waals surface area contributed by atoms with Crippen LogP contribution < -0.4 is 4.90 Å². The fourth-order valence-electron chi connectivity index (χ4n) is 8.51. The van der Waals surface area contributed by atoms with Crippen molar-refractivity contribution in [1.29, 1.82) is 0 Å². The van der Waals surface area contributed by atoms with Gasteiger partial charge in [0, 0.05) is 47.6 Å². The fraction of sp³-hybridized carbons (Fsp3) is 0. The van der Waals surface area contributed by atoms with Gasteiger partial charge in [-0.2, -0.15) is 0 Å². The Hall–Kier alpha value is -6.94. The first-order valence-electron chi connectivity index (χ1n) is 18.7. The van der Waals surface area contributed by atoms with Gasteiger partial charge in [-0.3, -0.25) is 0 Å². The van der Waals surface area contributed by atoms with Crippen LogP contribution in [0.2, 0.25) is 0 Å². The van der Waals surface area contributed by atoms with Gasteiger partial charge in [0.25, 0.3) is 0 Å². The van der Waals surface area contributed by atoms with E-state index in [1.807, 2.05) is 17.4 Å². The minimum Gasteiger partial charge on any atom is -0.455 e. The molecule has 258 valence electrons. The molecule has 0 aliphatic rings. The third kappa shape index (κ3) is 5.09. The van der Waals surface area contributed by atoms with Gasteiger partial charge >= 0.3 is 0 Å². The van der Waals surface area contributed by atoms with Crippen LogP contribution in [0.15, 0.2) is 205 Å². The Bertz CT molecular complexity index is 3220. The fourth-order valence-corrected chi connectivity index (χ4v) is 9.63. The van der Waals surface area contributed by atoms with Crippen LogP contribution in [0, 0.1) is 0 Å². The molecule has 55 heavy (non-hydrogen) atoms. The lowest BCUT2D eigenvalue weighted by Crippen LogP contribution is -2.13. The first-order valence-corrected chi connectivity index (χ1v) is 19.5. The van der Waals surface area contributed by atoms with Crippen LogP contribution in [0.3, 0.4) is 0 Å². The highest BCUT2D eigenvalue weighted by Crippen LogP contribution is 2.51. The zero-order chi connectivity index (χ0) is 36.3. The monoisotopic (exact) mass is 719 g/mol. The lowest BCUT2D eigenvalue weighted by atomic mass is 9.90. The van der Waals surface area contributed by atoms with Gasteiger partial charge in [-0.1, -0.05) is 164 Å². The van der Waals surface area contributed by atoms with Crippen LogP contribution in [-0.2, 0) is 0 Å². The summed E-state index contributed by atoms with van der Waals surface area (Å²) in [6.45, 7) is 0. The normalized spacial score (nSPS) is 11.6. The molecule has 0 aliphatic heterocycles. The van der Waals surface area contributed by atoms with Gasteiger partial charge in [0.05, 0.1) is 17.1 Å². The smallest absolute Gasteiger partial charge is 0.143 e. The number of benzene rings is 9. The van der Waals surface area contributed by atoms with Crippen molar-refractivity contribution >= 4 is 81.3 Å². The molecular weight excluding hydrogens is 687 g/mol. The zero-order valence-corrected chi connectivity index (χ0v) is 30.6. The summed E-state index contributed by atoms with van der Waals surface area (Å²) in [7, 11) is 0. The molecule has 0 radical (unpaired) electrons. The molecule has 2 heterocycles. The molecule has 0 bridgehead atoms. The number of fused-ring (bicyclic) bond motifs is 7. The van der Waals surface area contributed by atoms with Crippen molar-refractivity contribution in [3.63, 3.8) is 0 Å². The maximum absolute atomic E-state index is 6.68. The summed E-state index contributed by atoms with van der Waals surface area (Å²) in [5.74, 6) is 0. The first-order chi connectivity index (χ1) is 27.3. The highest BCUT2D eigenvalue weighted by atomic mass is 32.1. The Kier molecular flexibility index (Phi) is 7.39. The van der Waals surface area contributed by atoms with Gasteiger partial charge in [-0.25, -0.2) is 0 Å². The Labute approximate surface area is 322 Å². The third-order valence-electron chi connectivity index (χ3n) is 10.9. The van der Waals surface area contributed by atoms with Gasteiger partial charge < -0.3 is 9.32 Å². The minimum absolute atomic E-state index is 0.893. The second-order valence-corrected chi connectivity index (χ2v) is 15.1. The molecule has 0 saturated carbocycles. The van der Waals surface area contributed by atoms with E-state index in [0.29, 0.717) is 0 Å². The van der Waals surface area contributed by atoms with Crippen LogP contribution in [0.5, 0.6) is 0 Å². The average molecular weight is 720 g/mol. The minimum atomic E-state index is 0.893. The number of thiophene rings is 1. The first kappa shape index (κ1) is 31.6. The molecule has 9 aromatic carbocycles.